The Hall–Kier alpha value is -1.42. The van der Waals surface area contributed by atoms with Crippen LogP contribution < -0.4 is 5.32 Å². The van der Waals surface area contributed by atoms with Gasteiger partial charge in [0.1, 0.15) is 0 Å². The first-order valence-electron chi connectivity index (χ1n) is 7.62. The van der Waals surface area contributed by atoms with Gasteiger partial charge in [-0.15, -0.1) is 0 Å². The largest absolute Gasteiger partial charge is 0.361 e. The molecule has 4 heteroatoms. The number of rotatable bonds is 9. The monoisotopic (exact) mass is 304 g/mol. The first-order valence-corrected chi connectivity index (χ1v) is 9.01. The number of benzene rings is 1. The zero-order valence-corrected chi connectivity index (χ0v) is 13.5. The lowest BCUT2D eigenvalue weighted by molar-refractivity contribution is -0.120. The maximum absolute atomic E-state index is 12.0. The Morgan fingerprint density at radius 1 is 1.19 bits per heavy atom. The van der Waals surface area contributed by atoms with E-state index in [9.17, 15) is 4.79 Å². The molecule has 0 radical (unpaired) electrons. The third-order valence-corrected chi connectivity index (χ3v) is 4.32. The second kappa shape index (κ2) is 8.78. The highest BCUT2D eigenvalue weighted by molar-refractivity contribution is 7.98. The summed E-state index contributed by atoms with van der Waals surface area (Å²) in [6, 6.07) is 8.09. The summed E-state index contributed by atoms with van der Waals surface area (Å²) < 4.78 is 0. The number of aromatic nitrogens is 1. The lowest BCUT2D eigenvalue weighted by Gasteiger charge is -2.05. The van der Waals surface area contributed by atoms with Crippen LogP contribution in [-0.4, -0.2) is 29.4 Å². The number of H-pyrrole nitrogens is 1. The fourth-order valence-electron chi connectivity index (χ4n) is 2.47. The molecule has 0 atom stereocenters. The van der Waals surface area contributed by atoms with Crippen LogP contribution in [0.25, 0.3) is 10.9 Å². The molecule has 1 heterocycles. The normalized spacial score (nSPS) is 10.9. The molecular weight excluding hydrogens is 280 g/mol. The second-order valence-electron chi connectivity index (χ2n) is 5.29. The number of aromatic amines is 1. The van der Waals surface area contributed by atoms with Crippen LogP contribution in [0.5, 0.6) is 0 Å². The molecule has 114 valence electrons. The van der Waals surface area contributed by atoms with Crippen molar-refractivity contribution in [2.45, 2.75) is 32.1 Å². The number of thioether (sulfide) groups is 1. The van der Waals surface area contributed by atoms with Gasteiger partial charge < -0.3 is 10.3 Å². The highest BCUT2D eigenvalue weighted by Gasteiger charge is 2.07. The molecule has 0 aliphatic carbocycles. The van der Waals surface area contributed by atoms with Gasteiger partial charge >= 0.3 is 0 Å². The number of amides is 1. The number of hydrogen-bond donors (Lipinski definition) is 2. The molecule has 21 heavy (non-hydrogen) atoms. The van der Waals surface area contributed by atoms with Gasteiger partial charge in [0.05, 0.1) is 6.42 Å². The number of carbonyl (C=O) groups excluding carboxylic acids is 1. The van der Waals surface area contributed by atoms with Crippen LogP contribution in [-0.2, 0) is 11.2 Å². The van der Waals surface area contributed by atoms with Crippen molar-refractivity contribution in [3.8, 4) is 0 Å². The van der Waals surface area contributed by atoms with E-state index in [1.54, 1.807) is 0 Å². The molecule has 0 aliphatic rings. The average Bonchev–Trinajstić information content (AvgIpc) is 2.90. The van der Waals surface area contributed by atoms with Crippen molar-refractivity contribution in [3.63, 3.8) is 0 Å². The molecule has 3 nitrogen and oxygen atoms in total. The Bertz CT molecular complexity index is 565. The van der Waals surface area contributed by atoms with Gasteiger partial charge in [0, 0.05) is 23.6 Å². The van der Waals surface area contributed by atoms with Gasteiger partial charge in [-0.25, -0.2) is 0 Å². The molecule has 0 aliphatic heterocycles. The SMILES string of the molecule is CSCCCCCCNC(=O)Cc1c[nH]c2ccccc12. The Labute approximate surface area is 130 Å². The van der Waals surface area contributed by atoms with Crippen molar-refractivity contribution < 1.29 is 4.79 Å². The summed E-state index contributed by atoms with van der Waals surface area (Å²) in [6.07, 6.45) is 9.36. The molecule has 1 aromatic carbocycles. The minimum Gasteiger partial charge on any atom is -0.361 e. The molecule has 0 fully saturated rings. The summed E-state index contributed by atoms with van der Waals surface area (Å²) in [7, 11) is 0. The van der Waals surface area contributed by atoms with E-state index in [1.807, 2.05) is 36.2 Å². The Morgan fingerprint density at radius 3 is 2.86 bits per heavy atom. The maximum atomic E-state index is 12.0. The molecular formula is C17H24N2OS. The minimum absolute atomic E-state index is 0.115. The van der Waals surface area contributed by atoms with E-state index in [-0.39, 0.29) is 5.91 Å². The first-order chi connectivity index (χ1) is 10.3. The van der Waals surface area contributed by atoms with Crippen LogP contribution in [0.3, 0.4) is 0 Å². The van der Waals surface area contributed by atoms with Gasteiger partial charge in [0.15, 0.2) is 0 Å². The number of fused-ring (bicyclic) bond motifs is 1. The molecule has 2 rings (SSSR count). The zero-order valence-electron chi connectivity index (χ0n) is 12.7. The molecule has 0 saturated carbocycles. The van der Waals surface area contributed by atoms with Gasteiger partial charge in [-0.05, 0) is 36.5 Å². The quantitative estimate of drug-likeness (QED) is 0.693. The number of carbonyl (C=O) groups is 1. The van der Waals surface area contributed by atoms with Crippen molar-refractivity contribution in [3.05, 3.63) is 36.0 Å². The van der Waals surface area contributed by atoms with E-state index in [0.717, 1.165) is 29.4 Å². The van der Waals surface area contributed by atoms with Gasteiger partial charge in [-0.2, -0.15) is 11.8 Å². The van der Waals surface area contributed by atoms with Crippen molar-refractivity contribution in [2.75, 3.05) is 18.6 Å². The van der Waals surface area contributed by atoms with Crippen molar-refractivity contribution in [1.29, 1.82) is 0 Å². The van der Waals surface area contributed by atoms with Crippen molar-refractivity contribution in [2.24, 2.45) is 0 Å². The molecule has 2 N–H and O–H groups in total. The van der Waals surface area contributed by atoms with Crippen LogP contribution in [0.15, 0.2) is 30.5 Å². The summed E-state index contributed by atoms with van der Waals surface area (Å²) in [5, 5.41) is 4.16. The molecule has 0 unspecified atom stereocenters. The van der Waals surface area contributed by atoms with Gasteiger partial charge in [-0.1, -0.05) is 31.0 Å². The number of unbranched alkanes of at least 4 members (excludes halogenated alkanes) is 3. The highest BCUT2D eigenvalue weighted by Crippen LogP contribution is 2.17. The highest BCUT2D eigenvalue weighted by atomic mass is 32.2. The molecule has 2 aromatic rings. The average molecular weight is 304 g/mol. The summed E-state index contributed by atoms with van der Waals surface area (Å²) in [6.45, 7) is 0.792. The number of nitrogens with one attached hydrogen (secondary N) is 2. The summed E-state index contributed by atoms with van der Waals surface area (Å²) in [4.78, 5) is 15.2. The number of hydrogen-bond acceptors (Lipinski definition) is 2. The third-order valence-electron chi connectivity index (χ3n) is 3.62. The Balaban J connectivity index is 1.68. The predicted molar refractivity (Wildman–Crippen MR) is 91.9 cm³/mol. The van der Waals surface area contributed by atoms with E-state index < -0.39 is 0 Å². The van der Waals surface area contributed by atoms with E-state index in [4.69, 9.17) is 0 Å². The van der Waals surface area contributed by atoms with Crippen molar-refractivity contribution in [1.82, 2.24) is 10.3 Å². The van der Waals surface area contributed by atoms with Crippen LogP contribution in [0.4, 0.5) is 0 Å². The number of para-hydroxylation sites is 1. The summed E-state index contributed by atoms with van der Waals surface area (Å²) in [5.41, 5.74) is 2.16. The summed E-state index contributed by atoms with van der Waals surface area (Å²) in [5.74, 6) is 1.36. The van der Waals surface area contributed by atoms with Gasteiger partial charge in [-0.3, -0.25) is 4.79 Å². The lowest BCUT2D eigenvalue weighted by atomic mass is 10.1. The second-order valence-corrected chi connectivity index (χ2v) is 6.28. The van der Waals surface area contributed by atoms with Crippen LogP contribution in [0, 0.1) is 0 Å². The zero-order chi connectivity index (χ0) is 14.9. The molecule has 0 spiro atoms. The van der Waals surface area contributed by atoms with Gasteiger partial charge in [0.2, 0.25) is 5.91 Å². The molecule has 1 aromatic heterocycles. The van der Waals surface area contributed by atoms with E-state index in [1.165, 1.54) is 25.0 Å². The topological polar surface area (TPSA) is 44.9 Å². The fraction of sp³-hybridized carbons (Fsp3) is 0.471. The standard InChI is InChI=1S/C17H24N2OS/c1-21-11-7-3-2-6-10-18-17(20)12-14-13-19-16-9-5-4-8-15(14)16/h4-5,8-9,13,19H,2-3,6-7,10-12H2,1H3,(H,18,20). The minimum atomic E-state index is 0.115. The fourth-order valence-corrected chi connectivity index (χ4v) is 2.96. The van der Waals surface area contributed by atoms with E-state index in [0.29, 0.717) is 6.42 Å². The molecule has 0 bridgehead atoms. The first kappa shape index (κ1) is 16.0. The smallest absolute Gasteiger partial charge is 0.224 e. The Kier molecular flexibility index (Phi) is 6.67. The van der Waals surface area contributed by atoms with Crippen molar-refractivity contribution >= 4 is 28.6 Å². The van der Waals surface area contributed by atoms with Gasteiger partial charge in [0.25, 0.3) is 0 Å². The molecule has 0 saturated heterocycles. The lowest BCUT2D eigenvalue weighted by Crippen LogP contribution is -2.26. The van der Waals surface area contributed by atoms with E-state index in [2.05, 4.69) is 22.6 Å². The van der Waals surface area contributed by atoms with Crippen LogP contribution in [0.2, 0.25) is 0 Å². The Morgan fingerprint density at radius 2 is 2.00 bits per heavy atom. The maximum Gasteiger partial charge on any atom is 0.224 e. The molecule has 1 amide bonds. The van der Waals surface area contributed by atoms with Crippen LogP contribution in [0.1, 0.15) is 31.2 Å². The summed E-state index contributed by atoms with van der Waals surface area (Å²) >= 11 is 1.90. The third kappa shape index (κ3) is 5.12. The van der Waals surface area contributed by atoms with E-state index >= 15 is 0 Å². The van der Waals surface area contributed by atoms with Crippen LogP contribution >= 0.6 is 11.8 Å². The predicted octanol–water partition coefficient (Wildman–Crippen LogP) is 3.75.